The molecular formula is C29H25N2O+. The Labute approximate surface area is 187 Å². The van der Waals surface area contributed by atoms with Crippen LogP contribution in [-0.2, 0) is 7.05 Å². The second-order valence-corrected chi connectivity index (χ2v) is 8.72. The van der Waals surface area contributed by atoms with E-state index in [2.05, 4.69) is 116 Å². The van der Waals surface area contributed by atoms with Crippen LogP contribution in [0.2, 0.25) is 0 Å². The summed E-state index contributed by atoms with van der Waals surface area (Å²) in [5.41, 5.74) is 8.02. The molecule has 6 aromatic rings. The summed E-state index contributed by atoms with van der Waals surface area (Å²) in [5.74, 6) is 1.15. The molecule has 0 aliphatic rings. The summed E-state index contributed by atoms with van der Waals surface area (Å²) >= 11 is 0. The highest BCUT2D eigenvalue weighted by Gasteiger charge is 2.25. The van der Waals surface area contributed by atoms with E-state index in [4.69, 9.17) is 4.42 Å². The minimum atomic E-state index is 0.961. The molecule has 0 aliphatic heterocycles. The van der Waals surface area contributed by atoms with E-state index in [1.54, 1.807) is 0 Å². The Balaban J connectivity index is 1.65. The summed E-state index contributed by atoms with van der Waals surface area (Å²) in [6.45, 7) is 6.52. The number of fused-ring (bicyclic) bond motifs is 5. The van der Waals surface area contributed by atoms with Gasteiger partial charge in [0.25, 0.3) is 5.82 Å². The van der Waals surface area contributed by atoms with Crippen LogP contribution >= 0.6 is 0 Å². The van der Waals surface area contributed by atoms with Crippen molar-refractivity contribution in [2.75, 3.05) is 0 Å². The normalized spacial score (nSPS) is 11.8. The molecule has 0 amide bonds. The fourth-order valence-corrected chi connectivity index (χ4v) is 5.11. The number of furan rings is 1. The van der Waals surface area contributed by atoms with E-state index in [1.807, 2.05) is 0 Å². The minimum absolute atomic E-state index is 0.961. The Morgan fingerprint density at radius 1 is 0.719 bits per heavy atom. The molecule has 0 radical (unpaired) electrons. The largest absolute Gasteiger partial charge is 0.455 e. The second kappa shape index (κ2) is 6.83. The summed E-state index contributed by atoms with van der Waals surface area (Å²) in [4.78, 5) is 0. The Bertz CT molecular complexity index is 1650. The number of para-hydroxylation sites is 1. The Kier molecular flexibility index (Phi) is 4.03. The van der Waals surface area contributed by atoms with Gasteiger partial charge in [-0.1, -0.05) is 48.5 Å². The molecule has 2 aromatic heterocycles. The number of hydrogen-bond donors (Lipinski definition) is 0. The zero-order valence-corrected chi connectivity index (χ0v) is 18.8. The maximum atomic E-state index is 6.55. The van der Waals surface area contributed by atoms with Crippen molar-refractivity contribution in [2.45, 2.75) is 20.8 Å². The summed E-state index contributed by atoms with van der Waals surface area (Å²) < 4.78 is 11.0. The van der Waals surface area contributed by atoms with Crippen LogP contribution < -0.4 is 4.57 Å². The SMILES string of the molecule is Cc1cccc(C)c1-n1cc[n+](C)c1-c1ccc2c(oc3c4ccccc4ccc23)c1C. The van der Waals surface area contributed by atoms with Gasteiger partial charge in [0.05, 0.1) is 12.6 Å². The summed E-state index contributed by atoms with van der Waals surface area (Å²) in [5, 5.41) is 4.70. The molecule has 156 valence electrons. The summed E-state index contributed by atoms with van der Waals surface area (Å²) in [6.07, 6.45) is 4.28. The number of aromatic nitrogens is 2. The third-order valence-electron chi connectivity index (χ3n) is 6.70. The van der Waals surface area contributed by atoms with Crippen LogP contribution in [0.25, 0.3) is 49.8 Å². The Morgan fingerprint density at radius 2 is 1.44 bits per heavy atom. The zero-order valence-electron chi connectivity index (χ0n) is 18.8. The number of benzene rings is 4. The zero-order chi connectivity index (χ0) is 22.0. The van der Waals surface area contributed by atoms with E-state index in [9.17, 15) is 0 Å². The fraction of sp³-hybridized carbons (Fsp3) is 0.138. The van der Waals surface area contributed by atoms with Crippen LogP contribution in [0.3, 0.4) is 0 Å². The third-order valence-corrected chi connectivity index (χ3v) is 6.70. The lowest BCUT2D eigenvalue weighted by Crippen LogP contribution is -2.29. The molecule has 0 spiro atoms. The van der Waals surface area contributed by atoms with E-state index in [0.29, 0.717) is 0 Å². The number of nitrogens with zero attached hydrogens (tertiary/aromatic N) is 2. The van der Waals surface area contributed by atoms with Crippen LogP contribution in [0.4, 0.5) is 0 Å². The molecule has 0 saturated heterocycles. The van der Waals surface area contributed by atoms with Gasteiger partial charge in [-0.15, -0.1) is 0 Å². The van der Waals surface area contributed by atoms with E-state index in [1.165, 1.54) is 38.5 Å². The quantitative estimate of drug-likeness (QED) is 0.280. The van der Waals surface area contributed by atoms with Crippen LogP contribution in [0.5, 0.6) is 0 Å². The first-order valence-electron chi connectivity index (χ1n) is 11.0. The summed E-state index contributed by atoms with van der Waals surface area (Å²) in [6, 6.07) is 23.7. The molecule has 0 N–H and O–H groups in total. The van der Waals surface area contributed by atoms with Crippen molar-refractivity contribution in [1.82, 2.24) is 4.57 Å². The van der Waals surface area contributed by atoms with Crippen molar-refractivity contribution in [3.8, 4) is 17.1 Å². The first-order chi connectivity index (χ1) is 15.5. The van der Waals surface area contributed by atoms with Gasteiger partial charge in [0.15, 0.2) is 0 Å². The van der Waals surface area contributed by atoms with Gasteiger partial charge in [-0.25, -0.2) is 4.57 Å². The maximum Gasteiger partial charge on any atom is 0.294 e. The molecule has 4 aromatic carbocycles. The summed E-state index contributed by atoms with van der Waals surface area (Å²) in [7, 11) is 2.11. The number of hydrogen-bond acceptors (Lipinski definition) is 1. The third kappa shape index (κ3) is 2.57. The van der Waals surface area contributed by atoms with Crippen molar-refractivity contribution >= 4 is 32.7 Å². The lowest BCUT2D eigenvalue weighted by Gasteiger charge is -2.10. The van der Waals surface area contributed by atoms with Gasteiger partial charge in [-0.05, 0) is 55.5 Å². The predicted octanol–water partition coefficient (Wildman–Crippen LogP) is 6.95. The average Bonchev–Trinajstić information content (AvgIpc) is 3.36. The monoisotopic (exact) mass is 417 g/mol. The topological polar surface area (TPSA) is 21.9 Å². The first-order valence-corrected chi connectivity index (χ1v) is 11.0. The number of imidazole rings is 1. The van der Waals surface area contributed by atoms with Crippen molar-refractivity contribution in [1.29, 1.82) is 0 Å². The van der Waals surface area contributed by atoms with Crippen molar-refractivity contribution in [3.63, 3.8) is 0 Å². The molecule has 3 heteroatoms. The Hall–Kier alpha value is -3.85. The number of rotatable bonds is 2. The van der Waals surface area contributed by atoms with Crippen LogP contribution in [0.15, 0.2) is 83.5 Å². The van der Waals surface area contributed by atoms with Gasteiger partial charge in [-0.2, -0.15) is 4.57 Å². The highest BCUT2D eigenvalue weighted by Crippen LogP contribution is 2.38. The Morgan fingerprint density at radius 3 is 2.25 bits per heavy atom. The molecule has 32 heavy (non-hydrogen) atoms. The van der Waals surface area contributed by atoms with E-state index < -0.39 is 0 Å². The van der Waals surface area contributed by atoms with Crippen LogP contribution in [-0.4, -0.2) is 4.57 Å². The van der Waals surface area contributed by atoms with E-state index in [0.717, 1.165) is 27.9 Å². The molecule has 2 heterocycles. The lowest BCUT2D eigenvalue weighted by molar-refractivity contribution is -0.659. The molecule has 0 fully saturated rings. The molecule has 0 unspecified atom stereocenters. The number of aryl methyl sites for hydroxylation is 4. The molecule has 6 rings (SSSR count). The fourth-order valence-electron chi connectivity index (χ4n) is 5.11. The van der Waals surface area contributed by atoms with Gasteiger partial charge in [0, 0.05) is 21.7 Å². The van der Waals surface area contributed by atoms with Gasteiger partial charge < -0.3 is 4.42 Å². The average molecular weight is 418 g/mol. The van der Waals surface area contributed by atoms with Crippen molar-refractivity contribution in [3.05, 3.63) is 95.8 Å². The van der Waals surface area contributed by atoms with Gasteiger partial charge in [0.2, 0.25) is 0 Å². The molecule has 0 aliphatic carbocycles. The molecule has 3 nitrogen and oxygen atoms in total. The highest BCUT2D eigenvalue weighted by molar-refractivity contribution is 6.15. The minimum Gasteiger partial charge on any atom is -0.455 e. The predicted molar refractivity (Wildman–Crippen MR) is 131 cm³/mol. The molecule has 0 atom stereocenters. The van der Waals surface area contributed by atoms with Crippen molar-refractivity contribution < 1.29 is 8.98 Å². The van der Waals surface area contributed by atoms with Gasteiger partial charge >= 0.3 is 0 Å². The van der Waals surface area contributed by atoms with E-state index >= 15 is 0 Å². The first kappa shape index (κ1) is 18.9. The maximum absolute atomic E-state index is 6.55. The van der Waals surface area contributed by atoms with Crippen molar-refractivity contribution in [2.24, 2.45) is 7.05 Å². The highest BCUT2D eigenvalue weighted by atomic mass is 16.3. The molecule has 0 bridgehead atoms. The van der Waals surface area contributed by atoms with E-state index in [-0.39, 0.29) is 0 Å². The van der Waals surface area contributed by atoms with Crippen LogP contribution in [0, 0.1) is 20.8 Å². The smallest absolute Gasteiger partial charge is 0.294 e. The van der Waals surface area contributed by atoms with Gasteiger partial charge in [0.1, 0.15) is 29.2 Å². The van der Waals surface area contributed by atoms with Crippen LogP contribution in [0.1, 0.15) is 16.7 Å². The van der Waals surface area contributed by atoms with Gasteiger partial charge in [-0.3, -0.25) is 0 Å². The molecule has 0 saturated carbocycles. The molecular weight excluding hydrogens is 392 g/mol. The lowest BCUT2D eigenvalue weighted by atomic mass is 10.0. The second-order valence-electron chi connectivity index (χ2n) is 8.72. The standard InChI is InChI=1S/C29H25N2O/c1-18-8-7-9-19(2)26(18)31-17-16-30(4)29(31)22-14-15-24-25-13-12-21-10-5-6-11-23(21)28(25)32-27(24)20(22)3/h5-17H,1-4H3/q+1.